The number of rotatable bonds is 16. The van der Waals surface area contributed by atoms with Gasteiger partial charge in [-0.25, -0.2) is 14.7 Å². The molecule has 1 aromatic carbocycles. The number of nitrogens with one attached hydrogen (secondary N) is 5. The number of aromatic nitrogens is 2. The van der Waals surface area contributed by atoms with Crippen LogP contribution in [0.1, 0.15) is 63.0 Å². The fourth-order valence-electron chi connectivity index (χ4n) is 5.97. The highest BCUT2D eigenvalue weighted by Crippen LogP contribution is 2.59. The van der Waals surface area contributed by atoms with Gasteiger partial charge in [-0.05, 0) is 42.7 Å². The fraction of sp³-hybridized carbons (Fsp3) is 0.484. The molecule has 1 aliphatic carbocycles. The van der Waals surface area contributed by atoms with Gasteiger partial charge in [0.05, 0.1) is 12.5 Å². The molecule has 5 unspecified atom stereocenters. The summed E-state index contributed by atoms with van der Waals surface area (Å²) < 4.78 is 22.4. The van der Waals surface area contributed by atoms with E-state index >= 15 is 4.39 Å². The molecule has 5 atom stereocenters. The molecule has 6 aliphatic rings. The van der Waals surface area contributed by atoms with Crippen molar-refractivity contribution in [2.75, 3.05) is 17.2 Å². The lowest BCUT2D eigenvalue weighted by Crippen LogP contribution is -2.80. The molecule has 0 radical (unpaired) electrons. The van der Waals surface area contributed by atoms with Crippen LogP contribution in [0.2, 0.25) is 0 Å². The SMILES string of the molecule is O=C(CCCCCCC(=O)Nc1ccc(CNC(=O)CCC(=O)Nc2ccn(C3C4=CC3(F)C3(O)NC(O4)C3CO)c(=O)n2)cc1)NO. The number of ether oxygens (including phenoxy) is 1. The molecule has 8 rings (SSSR count). The van der Waals surface area contributed by atoms with E-state index in [0.29, 0.717) is 24.9 Å². The zero-order valence-electron chi connectivity index (χ0n) is 25.9. The molecule has 16 nitrogen and oxygen atoms in total. The van der Waals surface area contributed by atoms with Gasteiger partial charge in [0.1, 0.15) is 17.6 Å². The van der Waals surface area contributed by atoms with Crippen molar-refractivity contribution in [2.24, 2.45) is 5.92 Å². The van der Waals surface area contributed by atoms with E-state index in [4.69, 9.17) is 9.94 Å². The molecule has 3 fully saturated rings. The number of hydroxylamine groups is 1. The van der Waals surface area contributed by atoms with Gasteiger partial charge in [-0.15, -0.1) is 0 Å². The Kier molecular flexibility index (Phi) is 10.5. The number of amides is 4. The maximum atomic E-state index is 15.9. The number of allylic oxidation sites excluding steroid dienone is 1. The second-order valence-electron chi connectivity index (χ2n) is 12.0. The number of hydrogen-bond acceptors (Lipinski definition) is 11. The van der Waals surface area contributed by atoms with Crippen LogP contribution in [0.4, 0.5) is 15.9 Å². The normalized spacial score (nSPS) is 24.8. The zero-order valence-corrected chi connectivity index (χ0v) is 25.9. The minimum absolute atomic E-state index is 0.0991. The van der Waals surface area contributed by atoms with Gasteiger partial charge in [-0.2, -0.15) is 4.98 Å². The minimum atomic E-state index is -2.43. The second kappa shape index (κ2) is 14.6. The van der Waals surface area contributed by atoms with Gasteiger partial charge in [0.2, 0.25) is 29.3 Å². The van der Waals surface area contributed by atoms with Crippen LogP contribution in [0.25, 0.3) is 0 Å². The van der Waals surface area contributed by atoms with Crippen LogP contribution in [0.3, 0.4) is 0 Å². The summed E-state index contributed by atoms with van der Waals surface area (Å²) >= 11 is 0. The summed E-state index contributed by atoms with van der Waals surface area (Å²) in [5.74, 6) is -2.44. The molecular weight excluding hydrogens is 633 g/mol. The lowest BCUT2D eigenvalue weighted by molar-refractivity contribution is -0.252. The molecule has 4 bridgehead atoms. The predicted octanol–water partition coefficient (Wildman–Crippen LogP) is 0.466. The predicted molar refractivity (Wildman–Crippen MR) is 165 cm³/mol. The number of aliphatic hydroxyl groups excluding tert-OH is 1. The van der Waals surface area contributed by atoms with Crippen LogP contribution in [0.5, 0.6) is 0 Å². The number of alkyl halides is 1. The van der Waals surface area contributed by atoms with Crippen molar-refractivity contribution in [1.29, 1.82) is 0 Å². The molecule has 0 spiro atoms. The van der Waals surface area contributed by atoms with E-state index in [9.17, 15) is 34.2 Å². The first-order valence-corrected chi connectivity index (χ1v) is 15.6. The largest absolute Gasteiger partial charge is 0.477 e. The summed E-state index contributed by atoms with van der Waals surface area (Å²) in [5, 5.41) is 39.4. The molecular formula is C31H38FN7O9. The van der Waals surface area contributed by atoms with Crippen LogP contribution in [0, 0.1) is 5.92 Å². The third-order valence-corrected chi connectivity index (χ3v) is 8.69. The maximum absolute atomic E-state index is 15.9. The van der Waals surface area contributed by atoms with Gasteiger partial charge in [-0.3, -0.25) is 34.3 Å². The molecule has 258 valence electrons. The zero-order chi connectivity index (χ0) is 34.5. The van der Waals surface area contributed by atoms with E-state index < -0.39 is 53.7 Å². The highest BCUT2D eigenvalue weighted by atomic mass is 19.1. The number of benzene rings is 1. The molecule has 5 aliphatic heterocycles. The maximum Gasteiger partial charge on any atom is 0.350 e. The Hall–Kier alpha value is -4.71. The summed E-state index contributed by atoms with van der Waals surface area (Å²) in [4.78, 5) is 64.5. The number of aliphatic hydroxyl groups is 2. The minimum Gasteiger partial charge on any atom is -0.477 e. The fourth-order valence-corrected chi connectivity index (χ4v) is 5.97. The smallest absolute Gasteiger partial charge is 0.350 e. The average Bonchev–Trinajstić information content (AvgIpc) is 3.31. The Balaban J connectivity index is 1.00. The number of hydrogen-bond donors (Lipinski definition) is 8. The summed E-state index contributed by atoms with van der Waals surface area (Å²) in [6, 6.07) is 6.90. The van der Waals surface area contributed by atoms with Crippen molar-refractivity contribution in [1.82, 2.24) is 25.7 Å². The number of unbranched alkanes of at least 4 members (excludes halogenated alkanes) is 3. The Morgan fingerprint density at radius 2 is 1.60 bits per heavy atom. The van der Waals surface area contributed by atoms with E-state index in [-0.39, 0.29) is 49.2 Å². The number of nitrogens with zero attached hydrogens (tertiary/aromatic N) is 2. The Labute approximate surface area is 273 Å². The second-order valence-corrected chi connectivity index (χ2v) is 12.0. The summed E-state index contributed by atoms with van der Waals surface area (Å²) in [6.45, 7) is -0.329. The topological polar surface area (TPSA) is 233 Å². The average molecular weight is 672 g/mol. The van der Waals surface area contributed by atoms with Crippen molar-refractivity contribution in [3.05, 3.63) is 64.4 Å². The van der Waals surface area contributed by atoms with Crippen molar-refractivity contribution in [3.8, 4) is 0 Å². The molecule has 2 aromatic rings. The summed E-state index contributed by atoms with van der Waals surface area (Å²) in [5.41, 5.74) is -2.50. The van der Waals surface area contributed by atoms with E-state index in [1.807, 2.05) is 0 Å². The van der Waals surface area contributed by atoms with E-state index in [1.165, 1.54) is 12.3 Å². The third kappa shape index (κ3) is 7.23. The first kappa shape index (κ1) is 34.6. The molecule has 0 saturated carbocycles. The van der Waals surface area contributed by atoms with Gasteiger partial charge < -0.3 is 30.9 Å². The number of carbonyl (C=O) groups excluding carboxylic acids is 4. The molecule has 17 heteroatoms. The number of carbonyl (C=O) groups is 4. The number of anilines is 2. The molecule has 8 N–H and O–H groups in total. The van der Waals surface area contributed by atoms with Crippen molar-refractivity contribution in [2.45, 2.75) is 81.6 Å². The quantitative estimate of drug-likeness (QED) is 0.0694. The van der Waals surface area contributed by atoms with E-state index in [0.717, 1.165) is 29.0 Å². The van der Waals surface area contributed by atoms with Gasteiger partial charge in [0, 0.05) is 44.1 Å². The lowest BCUT2D eigenvalue weighted by atomic mass is 9.67. The lowest BCUT2D eigenvalue weighted by Gasteiger charge is -2.54. The van der Waals surface area contributed by atoms with Crippen LogP contribution < -0.4 is 32.4 Å². The third-order valence-electron chi connectivity index (χ3n) is 8.69. The molecule has 4 amide bonds. The number of halogens is 1. The molecule has 3 saturated heterocycles. The molecule has 48 heavy (non-hydrogen) atoms. The van der Waals surface area contributed by atoms with Gasteiger partial charge >= 0.3 is 5.69 Å². The van der Waals surface area contributed by atoms with E-state index in [2.05, 4.69) is 26.3 Å². The molecule has 1 aromatic heterocycles. The Bertz CT molecular complexity index is 1630. The van der Waals surface area contributed by atoms with Gasteiger partial charge in [0.25, 0.3) is 0 Å². The van der Waals surface area contributed by atoms with E-state index in [1.54, 1.807) is 29.7 Å². The van der Waals surface area contributed by atoms with Crippen LogP contribution in [0.15, 0.2) is 53.2 Å². The van der Waals surface area contributed by atoms with Gasteiger partial charge in [-0.1, -0.05) is 25.0 Å². The first-order valence-electron chi connectivity index (χ1n) is 15.6. The first-order chi connectivity index (χ1) is 23.0. The summed E-state index contributed by atoms with van der Waals surface area (Å²) in [7, 11) is 0. The van der Waals surface area contributed by atoms with Crippen LogP contribution in [-0.2, 0) is 30.5 Å². The van der Waals surface area contributed by atoms with Crippen LogP contribution >= 0.6 is 0 Å². The monoisotopic (exact) mass is 671 g/mol. The summed E-state index contributed by atoms with van der Waals surface area (Å²) in [6.07, 6.45) is 4.59. The van der Waals surface area contributed by atoms with Crippen molar-refractivity contribution < 1.29 is 43.7 Å². The Morgan fingerprint density at radius 3 is 2.27 bits per heavy atom. The van der Waals surface area contributed by atoms with Crippen LogP contribution in [-0.4, -0.2) is 72.8 Å². The Morgan fingerprint density at radius 1 is 0.938 bits per heavy atom. The van der Waals surface area contributed by atoms with Gasteiger partial charge in [0.15, 0.2) is 12.0 Å². The highest BCUT2D eigenvalue weighted by Gasteiger charge is 2.76. The standard InChI is InChI=1S/C31H38FN7O9/c32-30-15-21(48-28-20(17-40)31(30,46)37-28)27(30)39-14-13-22(36-29(39)45)35-25(43)12-11-23(41)33-16-18-7-9-19(10-8-18)34-24(42)5-3-1-2-4-6-26(44)38-47/h7-10,13-15,20,27-28,37,40,46-47H,1-6,11-12,16-17H2,(H,33,41)(H,34,42)(H,38,44)(H,35,36,43,45). The van der Waals surface area contributed by atoms with Crippen molar-refractivity contribution >= 4 is 35.1 Å². The highest BCUT2D eigenvalue weighted by molar-refractivity contribution is 5.92. The van der Waals surface area contributed by atoms with Crippen molar-refractivity contribution in [3.63, 3.8) is 0 Å². The molecule has 6 heterocycles.